The lowest BCUT2D eigenvalue weighted by Crippen LogP contribution is -2.33. The summed E-state index contributed by atoms with van der Waals surface area (Å²) in [6.45, 7) is 2.34. The van der Waals surface area contributed by atoms with Crippen LogP contribution in [0.2, 0.25) is 0 Å². The molecule has 2 rings (SSSR count). The molecule has 1 fully saturated rings. The van der Waals surface area contributed by atoms with Gasteiger partial charge in [-0.2, -0.15) is 0 Å². The Kier molecular flexibility index (Phi) is 5.36. The van der Waals surface area contributed by atoms with E-state index in [9.17, 15) is 13.2 Å². The van der Waals surface area contributed by atoms with Crippen LogP contribution in [0.3, 0.4) is 0 Å². The van der Waals surface area contributed by atoms with E-state index in [1.807, 2.05) is 0 Å². The molecule has 1 amide bonds. The predicted molar refractivity (Wildman–Crippen MR) is 83.1 cm³/mol. The van der Waals surface area contributed by atoms with Crippen LogP contribution in [-0.4, -0.2) is 45.1 Å². The lowest BCUT2D eigenvalue weighted by Gasteiger charge is -2.19. The van der Waals surface area contributed by atoms with Crippen LogP contribution in [0.1, 0.15) is 25.7 Å². The van der Waals surface area contributed by atoms with E-state index >= 15 is 0 Å². The molecule has 1 aliphatic rings. The highest BCUT2D eigenvalue weighted by Crippen LogP contribution is 2.14. The molecule has 1 saturated heterocycles. The summed E-state index contributed by atoms with van der Waals surface area (Å²) in [4.78, 5) is 14.4. The van der Waals surface area contributed by atoms with E-state index in [1.165, 1.54) is 31.2 Å². The largest absolute Gasteiger partial charge is 0.325 e. The van der Waals surface area contributed by atoms with Gasteiger partial charge in [0.15, 0.2) is 9.84 Å². The number of benzene rings is 1. The molecule has 0 atom stereocenters. The monoisotopic (exact) mass is 310 g/mol. The molecule has 1 heterocycles. The highest BCUT2D eigenvalue weighted by Gasteiger charge is 2.13. The third-order valence-corrected chi connectivity index (χ3v) is 4.76. The summed E-state index contributed by atoms with van der Waals surface area (Å²) in [5.41, 5.74) is 0.627. The molecule has 116 valence electrons. The molecule has 0 aromatic heterocycles. The number of likely N-dealkylation sites (tertiary alicyclic amines) is 1. The van der Waals surface area contributed by atoms with Crippen LogP contribution in [0.15, 0.2) is 29.2 Å². The number of amides is 1. The highest BCUT2D eigenvalue weighted by atomic mass is 32.2. The van der Waals surface area contributed by atoms with Crippen molar-refractivity contribution in [3.8, 4) is 0 Å². The zero-order chi connectivity index (χ0) is 15.3. The van der Waals surface area contributed by atoms with Gasteiger partial charge in [-0.15, -0.1) is 0 Å². The molecule has 6 heteroatoms. The molecular formula is C15H22N2O3S. The minimum Gasteiger partial charge on any atom is -0.325 e. The van der Waals surface area contributed by atoms with Gasteiger partial charge in [-0.3, -0.25) is 9.69 Å². The molecule has 0 aliphatic carbocycles. The van der Waals surface area contributed by atoms with Gasteiger partial charge in [0, 0.05) is 11.9 Å². The topological polar surface area (TPSA) is 66.5 Å². The van der Waals surface area contributed by atoms with E-state index < -0.39 is 9.84 Å². The van der Waals surface area contributed by atoms with Crippen molar-refractivity contribution in [1.82, 2.24) is 4.90 Å². The number of carbonyl (C=O) groups excluding carboxylic acids is 1. The van der Waals surface area contributed by atoms with Gasteiger partial charge in [0.1, 0.15) is 0 Å². The summed E-state index contributed by atoms with van der Waals surface area (Å²) >= 11 is 0. The lowest BCUT2D eigenvalue weighted by atomic mass is 10.2. The maximum absolute atomic E-state index is 12.0. The van der Waals surface area contributed by atoms with Crippen LogP contribution >= 0.6 is 0 Å². The van der Waals surface area contributed by atoms with E-state index in [0.717, 1.165) is 25.9 Å². The van der Waals surface area contributed by atoms with E-state index in [1.54, 1.807) is 12.1 Å². The first kappa shape index (κ1) is 16.0. The van der Waals surface area contributed by atoms with Gasteiger partial charge < -0.3 is 5.32 Å². The Morgan fingerprint density at radius 3 is 2.19 bits per heavy atom. The molecule has 21 heavy (non-hydrogen) atoms. The standard InChI is InChI=1S/C15H22N2O3S/c1-21(19,20)14-8-6-13(7-9-14)16-15(18)12-17-10-4-2-3-5-11-17/h6-9H,2-5,10-12H2,1H3,(H,16,18). The first-order chi connectivity index (χ1) is 9.95. The van der Waals surface area contributed by atoms with Gasteiger partial charge in [0.05, 0.1) is 11.4 Å². The van der Waals surface area contributed by atoms with Crippen LogP contribution in [0.5, 0.6) is 0 Å². The minimum absolute atomic E-state index is 0.0518. The van der Waals surface area contributed by atoms with Crippen LogP contribution in [0.4, 0.5) is 5.69 Å². The van der Waals surface area contributed by atoms with Crippen LogP contribution in [-0.2, 0) is 14.6 Å². The van der Waals surface area contributed by atoms with Crippen molar-refractivity contribution in [2.45, 2.75) is 30.6 Å². The van der Waals surface area contributed by atoms with E-state index in [4.69, 9.17) is 0 Å². The van der Waals surface area contributed by atoms with Crippen molar-refractivity contribution in [2.24, 2.45) is 0 Å². The van der Waals surface area contributed by atoms with Crippen molar-refractivity contribution in [3.63, 3.8) is 0 Å². The molecule has 0 bridgehead atoms. The molecule has 1 aromatic rings. The Hall–Kier alpha value is -1.40. The van der Waals surface area contributed by atoms with Crippen LogP contribution < -0.4 is 5.32 Å². The van der Waals surface area contributed by atoms with Gasteiger partial charge in [-0.25, -0.2) is 8.42 Å². The second-order valence-electron chi connectivity index (χ2n) is 5.54. The number of nitrogens with one attached hydrogen (secondary N) is 1. The zero-order valence-corrected chi connectivity index (χ0v) is 13.2. The van der Waals surface area contributed by atoms with Gasteiger partial charge >= 0.3 is 0 Å². The van der Waals surface area contributed by atoms with Gasteiger partial charge in [-0.05, 0) is 50.2 Å². The molecule has 1 N–H and O–H groups in total. The average Bonchev–Trinajstić information content (AvgIpc) is 2.67. The Balaban J connectivity index is 1.90. The van der Waals surface area contributed by atoms with E-state index in [2.05, 4.69) is 10.2 Å². The van der Waals surface area contributed by atoms with Crippen LogP contribution in [0.25, 0.3) is 0 Å². The lowest BCUT2D eigenvalue weighted by molar-refractivity contribution is -0.117. The van der Waals surface area contributed by atoms with Gasteiger partial charge in [0.2, 0.25) is 5.91 Å². The second-order valence-corrected chi connectivity index (χ2v) is 7.55. The number of carbonyl (C=O) groups is 1. The summed E-state index contributed by atoms with van der Waals surface area (Å²) in [5, 5.41) is 2.81. The number of rotatable bonds is 4. The fourth-order valence-corrected chi connectivity index (χ4v) is 3.11. The van der Waals surface area contributed by atoms with Crippen molar-refractivity contribution in [3.05, 3.63) is 24.3 Å². The average molecular weight is 310 g/mol. The normalized spacial score (nSPS) is 17.2. The van der Waals surface area contributed by atoms with Crippen molar-refractivity contribution in [2.75, 3.05) is 31.2 Å². The maximum atomic E-state index is 12.0. The van der Waals surface area contributed by atoms with Crippen LogP contribution in [0, 0.1) is 0 Å². The molecular weight excluding hydrogens is 288 g/mol. The molecule has 0 radical (unpaired) electrons. The summed E-state index contributed by atoms with van der Waals surface area (Å²) < 4.78 is 22.7. The number of sulfone groups is 1. The second kappa shape index (κ2) is 7.04. The maximum Gasteiger partial charge on any atom is 0.238 e. The van der Waals surface area contributed by atoms with E-state index in [-0.39, 0.29) is 10.8 Å². The van der Waals surface area contributed by atoms with Crippen molar-refractivity contribution >= 4 is 21.4 Å². The predicted octanol–water partition coefficient (Wildman–Crippen LogP) is 1.90. The number of hydrogen-bond donors (Lipinski definition) is 1. The van der Waals surface area contributed by atoms with Gasteiger partial charge in [0.25, 0.3) is 0 Å². The smallest absolute Gasteiger partial charge is 0.238 e. The third kappa shape index (κ3) is 5.13. The Bertz CT molecular complexity index is 573. The summed E-state index contributed by atoms with van der Waals surface area (Å²) in [7, 11) is -3.20. The van der Waals surface area contributed by atoms with Gasteiger partial charge in [-0.1, -0.05) is 12.8 Å². The quantitative estimate of drug-likeness (QED) is 0.922. The fraction of sp³-hybridized carbons (Fsp3) is 0.533. The van der Waals surface area contributed by atoms with Crippen molar-refractivity contribution in [1.29, 1.82) is 0 Å². The molecule has 1 aromatic carbocycles. The summed E-state index contributed by atoms with van der Waals surface area (Å²) in [5.74, 6) is -0.0518. The third-order valence-electron chi connectivity index (χ3n) is 3.63. The minimum atomic E-state index is -3.20. The first-order valence-electron chi connectivity index (χ1n) is 7.27. The highest BCUT2D eigenvalue weighted by molar-refractivity contribution is 7.90. The SMILES string of the molecule is CS(=O)(=O)c1ccc(NC(=O)CN2CCCCCC2)cc1. The molecule has 5 nitrogen and oxygen atoms in total. The van der Waals surface area contributed by atoms with Crippen molar-refractivity contribution < 1.29 is 13.2 Å². The number of nitrogens with zero attached hydrogens (tertiary/aromatic N) is 1. The molecule has 0 spiro atoms. The number of anilines is 1. The molecule has 0 unspecified atom stereocenters. The van der Waals surface area contributed by atoms with E-state index in [0.29, 0.717) is 12.2 Å². The Labute approximate surface area is 126 Å². The fourth-order valence-electron chi connectivity index (χ4n) is 2.48. The summed E-state index contributed by atoms with van der Waals surface area (Å²) in [6, 6.07) is 6.27. The molecule has 0 saturated carbocycles. The Morgan fingerprint density at radius 1 is 1.10 bits per heavy atom. The Morgan fingerprint density at radius 2 is 1.67 bits per heavy atom. The first-order valence-corrected chi connectivity index (χ1v) is 9.16. The molecule has 1 aliphatic heterocycles. The number of hydrogen-bond acceptors (Lipinski definition) is 4. The summed E-state index contributed by atoms with van der Waals surface area (Å²) in [6.07, 6.45) is 5.95. The zero-order valence-electron chi connectivity index (χ0n) is 12.3.